The first kappa shape index (κ1) is 19.1. The van der Waals surface area contributed by atoms with Gasteiger partial charge in [-0.05, 0) is 31.4 Å². The molecule has 0 saturated carbocycles. The van der Waals surface area contributed by atoms with E-state index in [1.165, 1.54) is 12.1 Å². The number of aryl methyl sites for hydroxylation is 1. The van der Waals surface area contributed by atoms with Crippen LogP contribution in [0.15, 0.2) is 29.2 Å². The zero-order valence-corrected chi connectivity index (χ0v) is 14.2. The number of amides is 1. The van der Waals surface area contributed by atoms with E-state index >= 15 is 0 Å². The van der Waals surface area contributed by atoms with Crippen molar-refractivity contribution in [2.24, 2.45) is 5.92 Å². The van der Waals surface area contributed by atoms with Crippen LogP contribution in [0.2, 0.25) is 0 Å². The number of hydrogen-bond donors (Lipinski definition) is 3. The largest absolute Gasteiger partial charge is 0.480 e. The Labute approximate surface area is 136 Å². The van der Waals surface area contributed by atoms with E-state index in [0.717, 1.165) is 5.56 Å². The summed E-state index contributed by atoms with van der Waals surface area (Å²) in [5.41, 5.74) is 0.916. The Morgan fingerprint density at radius 3 is 2.22 bits per heavy atom. The standard InChI is InChI=1S/C15H22N2O5S/c1-10(2)8-13(15(19)20)17-14(18)9-16-23(21,22)12-6-4-11(3)5-7-12/h4-7,10,13,16H,8-9H2,1-3H3,(H,17,18)(H,19,20). The van der Waals surface area contributed by atoms with Gasteiger partial charge in [0.25, 0.3) is 0 Å². The van der Waals surface area contributed by atoms with Crippen LogP contribution in [-0.4, -0.2) is 38.0 Å². The average Bonchev–Trinajstić information content (AvgIpc) is 2.44. The predicted molar refractivity (Wildman–Crippen MR) is 85.4 cm³/mol. The highest BCUT2D eigenvalue weighted by atomic mass is 32.2. The summed E-state index contributed by atoms with van der Waals surface area (Å²) in [5.74, 6) is -1.75. The average molecular weight is 342 g/mol. The SMILES string of the molecule is Cc1ccc(S(=O)(=O)NCC(=O)NC(CC(C)C)C(=O)O)cc1. The first-order chi connectivity index (χ1) is 10.6. The summed E-state index contributed by atoms with van der Waals surface area (Å²) < 4.78 is 26.2. The molecule has 0 radical (unpaired) electrons. The summed E-state index contributed by atoms with van der Waals surface area (Å²) in [6.45, 7) is 4.99. The molecule has 7 nitrogen and oxygen atoms in total. The molecule has 0 saturated heterocycles. The molecule has 1 aromatic carbocycles. The van der Waals surface area contributed by atoms with Crippen molar-refractivity contribution in [1.29, 1.82) is 0 Å². The van der Waals surface area contributed by atoms with Crippen LogP contribution in [0.3, 0.4) is 0 Å². The van der Waals surface area contributed by atoms with E-state index in [-0.39, 0.29) is 17.2 Å². The fourth-order valence-corrected chi connectivity index (χ4v) is 2.88. The van der Waals surface area contributed by atoms with Gasteiger partial charge < -0.3 is 10.4 Å². The quantitative estimate of drug-likeness (QED) is 0.649. The highest BCUT2D eigenvalue weighted by Gasteiger charge is 2.22. The molecule has 0 fully saturated rings. The molecule has 1 rings (SSSR count). The number of carboxylic acid groups (broad SMARTS) is 1. The van der Waals surface area contributed by atoms with Gasteiger partial charge >= 0.3 is 5.97 Å². The molecule has 0 spiro atoms. The summed E-state index contributed by atoms with van der Waals surface area (Å²) in [5, 5.41) is 11.4. The molecule has 8 heteroatoms. The van der Waals surface area contributed by atoms with E-state index in [9.17, 15) is 18.0 Å². The molecule has 1 atom stereocenters. The summed E-state index contributed by atoms with van der Waals surface area (Å²) in [6, 6.07) is 5.14. The van der Waals surface area contributed by atoms with Crippen LogP contribution in [0, 0.1) is 12.8 Å². The summed E-state index contributed by atoms with van der Waals surface area (Å²) in [6.07, 6.45) is 0.270. The normalized spacial score (nSPS) is 12.9. The molecule has 0 aliphatic rings. The Balaban J connectivity index is 2.64. The minimum absolute atomic E-state index is 0.0489. The van der Waals surface area contributed by atoms with Gasteiger partial charge in [-0.2, -0.15) is 0 Å². The van der Waals surface area contributed by atoms with Gasteiger partial charge in [-0.25, -0.2) is 17.9 Å². The van der Waals surface area contributed by atoms with Gasteiger partial charge in [0.05, 0.1) is 11.4 Å². The number of sulfonamides is 1. The zero-order chi connectivity index (χ0) is 17.6. The van der Waals surface area contributed by atoms with Crippen LogP contribution in [0.1, 0.15) is 25.8 Å². The molecular weight excluding hydrogens is 320 g/mol. The first-order valence-electron chi connectivity index (χ1n) is 7.20. The van der Waals surface area contributed by atoms with E-state index in [1.54, 1.807) is 12.1 Å². The summed E-state index contributed by atoms with van der Waals surface area (Å²) in [7, 11) is -3.81. The molecule has 3 N–H and O–H groups in total. The maximum atomic E-state index is 12.0. The van der Waals surface area contributed by atoms with Gasteiger partial charge in [0, 0.05) is 0 Å². The summed E-state index contributed by atoms with van der Waals surface area (Å²) >= 11 is 0. The van der Waals surface area contributed by atoms with Crippen molar-refractivity contribution in [3.8, 4) is 0 Å². The maximum Gasteiger partial charge on any atom is 0.326 e. The van der Waals surface area contributed by atoms with Gasteiger partial charge in [0.2, 0.25) is 15.9 Å². The van der Waals surface area contributed by atoms with Gasteiger partial charge in [-0.15, -0.1) is 0 Å². The lowest BCUT2D eigenvalue weighted by atomic mass is 10.0. The van der Waals surface area contributed by atoms with E-state index in [1.807, 2.05) is 20.8 Å². The molecule has 0 aliphatic heterocycles. The monoisotopic (exact) mass is 342 g/mol. The molecule has 1 amide bonds. The van der Waals surface area contributed by atoms with Gasteiger partial charge in [-0.1, -0.05) is 31.5 Å². The number of hydrogen-bond acceptors (Lipinski definition) is 4. The van der Waals surface area contributed by atoms with Crippen molar-refractivity contribution in [2.75, 3.05) is 6.54 Å². The van der Waals surface area contributed by atoms with Crippen LogP contribution in [-0.2, 0) is 19.6 Å². The zero-order valence-electron chi connectivity index (χ0n) is 13.4. The highest BCUT2D eigenvalue weighted by Crippen LogP contribution is 2.09. The second-order valence-electron chi connectivity index (χ2n) is 5.73. The van der Waals surface area contributed by atoms with Crippen LogP contribution in [0.5, 0.6) is 0 Å². The number of rotatable bonds is 8. The minimum Gasteiger partial charge on any atom is -0.480 e. The van der Waals surface area contributed by atoms with Crippen molar-refractivity contribution < 1.29 is 23.1 Å². The van der Waals surface area contributed by atoms with Gasteiger partial charge in [-0.3, -0.25) is 4.79 Å². The third-order valence-corrected chi connectivity index (χ3v) is 4.51. The van der Waals surface area contributed by atoms with Crippen molar-refractivity contribution >= 4 is 21.9 Å². The molecular formula is C15H22N2O5S. The fourth-order valence-electron chi connectivity index (χ4n) is 1.90. The number of carbonyl (C=O) groups excluding carboxylic acids is 1. The third-order valence-electron chi connectivity index (χ3n) is 3.09. The second kappa shape index (κ2) is 8.07. The molecule has 23 heavy (non-hydrogen) atoms. The molecule has 128 valence electrons. The number of benzene rings is 1. The lowest BCUT2D eigenvalue weighted by molar-refractivity contribution is -0.142. The smallest absolute Gasteiger partial charge is 0.326 e. The minimum atomic E-state index is -3.81. The summed E-state index contributed by atoms with van der Waals surface area (Å²) in [4.78, 5) is 22.9. The van der Waals surface area contributed by atoms with Crippen molar-refractivity contribution in [2.45, 2.75) is 38.1 Å². The second-order valence-corrected chi connectivity index (χ2v) is 7.49. The highest BCUT2D eigenvalue weighted by molar-refractivity contribution is 7.89. The van der Waals surface area contributed by atoms with E-state index in [4.69, 9.17) is 5.11 Å². The number of carboxylic acids is 1. The molecule has 0 bridgehead atoms. The van der Waals surface area contributed by atoms with Gasteiger partial charge in [0.1, 0.15) is 6.04 Å². The van der Waals surface area contributed by atoms with E-state index < -0.39 is 34.5 Å². The van der Waals surface area contributed by atoms with Crippen molar-refractivity contribution in [1.82, 2.24) is 10.0 Å². The Hall–Kier alpha value is -1.93. The topological polar surface area (TPSA) is 113 Å². The number of carbonyl (C=O) groups is 2. The Morgan fingerprint density at radius 2 is 1.74 bits per heavy atom. The Bertz CT molecular complexity index is 653. The molecule has 1 unspecified atom stereocenters. The molecule has 1 aromatic rings. The van der Waals surface area contributed by atoms with Crippen LogP contribution in [0.25, 0.3) is 0 Å². The van der Waals surface area contributed by atoms with Gasteiger partial charge in [0.15, 0.2) is 0 Å². The predicted octanol–water partition coefficient (Wildman–Crippen LogP) is 0.889. The van der Waals surface area contributed by atoms with E-state index in [0.29, 0.717) is 0 Å². The lowest BCUT2D eigenvalue weighted by Gasteiger charge is -2.16. The van der Waals surface area contributed by atoms with Crippen LogP contribution in [0.4, 0.5) is 0 Å². The van der Waals surface area contributed by atoms with Crippen molar-refractivity contribution in [3.63, 3.8) is 0 Å². The number of nitrogens with one attached hydrogen (secondary N) is 2. The van der Waals surface area contributed by atoms with Crippen molar-refractivity contribution in [3.05, 3.63) is 29.8 Å². The van der Waals surface area contributed by atoms with E-state index in [2.05, 4.69) is 10.0 Å². The third kappa shape index (κ3) is 6.37. The van der Waals surface area contributed by atoms with Crippen LogP contribution >= 0.6 is 0 Å². The fraction of sp³-hybridized carbons (Fsp3) is 0.467. The Kier molecular flexibility index (Phi) is 6.71. The molecule has 0 aliphatic carbocycles. The first-order valence-corrected chi connectivity index (χ1v) is 8.68. The molecule has 0 aromatic heterocycles. The molecule has 0 heterocycles. The number of aliphatic carboxylic acids is 1. The maximum absolute atomic E-state index is 12.0. The van der Waals surface area contributed by atoms with Crippen LogP contribution < -0.4 is 10.0 Å². The Morgan fingerprint density at radius 1 is 1.17 bits per heavy atom. The lowest BCUT2D eigenvalue weighted by Crippen LogP contribution is -2.46.